The number of allylic oxidation sites excluding steroid dienone is 8. The Morgan fingerprint density at radius 2 is 0.917 bits per heavy atom. The van der Waals surface area contributed by atoms with Crippen molar-refractivity contribution >= 4 is 16.6 Å². The molecule has 4 aliphatic rings. The second-order valence-corrected chi connectivity index (χ2v) is 24.7. The van der Waals surface area contributed by atoms with Crippen molar-refractivity contribution in [3.05, 3.63) is 48.6 Å². The molecular formula is C32H54O2Si2. The molecular weight excluding hydrogens is 473 g/mol. The fraction of sp³-hybridized carbons (Fsp3) is 0.750. The minimum atomic E-state index is -1.82. The van der Waals surface area contributed by atoms with Gasteiger partial charge in [-0.3, -0.25) is 0 Å². The minimum Gasteiger partial charge on any atom is -0.414 e. The largest absolute Gasteiger partial charge is 0.414 e. The summed E-state index contributed by atoms with van der Waals surface area (Å²) in [5.41, 5.74) is 0. The average Bonchev–Trinajstić information content (AvgIpc) is 3.27. The highest BCUT2D eigenvalue weighted by Gasteiger charge is 2.50. The molecule has 2 saturated carbocycles. The van der Waals surface area contributed by atoms with Crippen molar-refractivity contribution in [3.8, 4) is 0 Å². The van der Waals surface area contributed by atoms with Gasteiger partial charge in [0.05, 0.1) is 0 Å². The summed E-state index contributed by atoms with van der Waals surface area (Å²) in [6.07, 6.45) is 24.6. The Morgan fingerprint density at radius 1 is 0.583 bits per heavy atom. The molecule has 4 heteroatoms. The van der Waals surface area contributed by atoms with E-state index in [1.54, 1.807) is 0 Å². The van der Waals surface area contributed by atoms with Gasteiger partial charge in [-0.05, 0) is 97.5 Å². The first kappa shape index (κ1) is 28.3. The van der Waals surface area contributed by atoms with Crippen molar-refractivity contribution in [2.75, 3.05) is 0 Å². The second kappa shape index (κ2) is 10.1. The van der Waals surface area contributed by atoms with E-state index < -0.39 is 16.6 Å². The minimum absolute atomic E-state index is 0.247. The molecule has 0 aromatic carbocycles. The van der Waals surface area contributed by atoms with Gasteiger partial charge >= 0.3 is 0 Å². The zero-order chi connectivity index (χ0) is 26.5. The summed E-state index contributed by atoms with van der Waals surface area (Å²) < 4.78 is 14.3. The van der Waals surface area contributed by atoms with Gasteiger partial charge in [-0.15, -0.1) is 0 Å². The number of fused-ring (bicyclic) bond motifs is 2. The van der Waals surface area contributed by atoms with Crippen LogP contribution in [0.5, 0.6) is 0 Å². The summed E-state index contributed by atoms with van der Waals surface area (Å²) in [6, 6.07) is 0. The lowest BCUT2D eigenvalue weighted by Gasteiger charge is -2.41. The first-order valence-electron chi connectivity index (χ1n) is 14.7. The lowest BCUT2D eigenvalue weighted by atomic mass is 9.79. The van der Waals surface area contributed by atoms with Crippen molar-refractivity contribution in [1.29, 1.82) is 0 Å². The topological polar surface area (TPSA) is 18.5 Å². The lowest BCUT2D eigenvalue weighted by Crippen LogP contribution is -2.46. The van der Waals surface area contributed by atoms with E-state index in [1.807, 2.05) is 0 Å². The molecule has 202 valence electrons. The molecule has 36 heavy (non-hydrogen) atoms. The standard InChI is InChI=1S/C32H54O2Si2/c1-31(2,3)35(7,8)33-29-21-23-15-11-13-17-25(23)27(29)19-20-28-26-18-14-12-16-24(26)22-30(28)34-36(9,10)32(4,5)6/h11-18,23-30H,19-22H2,1-10H3. The fourth-order valence-electron chi connectivity index (χ4n) is 6.64. The van der Waals surface area contributed by atoms with Gasteiger partial charge in [0.2, 0.25) is 0 Å². The third kappa shape index (κ3) is 5.67. The number of hydrogen-bond donors (Lipinski definition) is 0. The van der Waals surface area contributed by atoms with Crippen LogP contribution >= 0.6 is 0 Å². The van der Waals surface area contributed by atoms with Gasteiger partial charge in [-0.25, -0.2) is 0 Å². The van der Waals surface area contributed by atoms with Crippen LogP contribution in [0.4, 0.5) is 0 Å². The van der Waals surface area contributed by atoms with Crippen LogP contribution in [-0.2, 0) is 8.85 Å². The van der Waals surface area contributed by atoms with Gasteiger partial charge in [-0.1, -0.05) is 90.2 Å². The van der Waals surface area contributed by atoms with Crippen molar-refractivity contribution in [2.24, 2.45) is 35.5 Å². The number of rotatable bonds is 7. The van der Waals surface area contributed by atoms with Gasteiger partial charge in [0.1, 0.15) is 0 Å². The Kier molecular flexibility index (Phi) is 7.97. The summed E-state index contributed by atoms with van der Waals surface area (Å²) in [6.45, 7) is 24.0. The summed E-state index contributed by atoms with van der Waals surface area (Å²) in [5, 5.41) is 0.494. The van der Waals surface area contributed by atoms with E-state index in [9.17, 15) is 0 Å². The van der Waals surface area contributed by atoms with Gasteiger partial charge in [-0.2, -0.15) is 0 Å². The van der Waals surface area contributed by atoms with Crippen molar-refractivity contribution in [1.82, 2.24) is 0 Å². The van der Waals surface area contributed by atoms with E-state index in [-0.39, 0.29) is 10.1 Å². The summed E-state index contributed by atoms with van der Waals surface area (Å²) in [7, 11) is -3.64. The molecule has 0 heterocycles. The van der Waals surface area contributed by atoms with E-state index in [0.717, 1.165) is 0 Å². The molecule has 0 N–H and O–H groups in total. The van der Waals surface area contributed by atoms with Gasteiger partial charge in [0, 0.05) is 12.2 Å². The van der Waals surface area contributed by atoms with E-state index in [4.69, 9.17) is 8.85 Å². The Morgan fingerprint density at radius 3 is 1.25 bits per heavy atom. The highest BCUT2D eigenvalue weighted by atomic mass is 28.4. The summed E-state index contributed by atoms with van der Waals surface area (Å²) in [5.74, 6) is 3.76. The Hall–Kier alpha value is -0.686. The third-order valence-electron chi connectivity index (χ3n) is 10.9. The zero-order valence-electron chi connectivity index (χ0n) is 24.9. The van der Waals surface area contributed by atoms with Crippen molar-refractivity contribution in [3.63, 3.8) is 0 Å². The predicted octanol–water partition coefficient (Wildman–Crippen LogP) is 9.30. The van der Waals surface area contributed by atoms with Crippen LogP contribution in [0.2, 0.25) is 36.3 Å². The molecule has 0 spiro atoms. The molecule has 2 nitrogen and oxygen atoms in total. The van der Waals surface area contributed by atoms with Gasteiger partial charge in [0.15, 0.2) is 16.6 Å². The molecule has 0 saturated heterocycles. The van der Waals surface area contributed by atoms with E-state index in [1.165, 1.54) is 25.7 Å². The van der Waals surface area contributed by atoms with Crippen LogP contribution in [0, 0.1) is 35.5 Å². The molecule has 0 radical (unpaired) electrons. The van der Waals surface area contributed by atoms with Crippen LogP contribution in [0.15, 0.2) is 48.6 Å². The Bertz CT molecular complexity index is 824. The molecule has 0 amide bonds. The molecule has 8 unspecified atom stereocenters. The van der Waals surface area contributed by atoms with Crippen molar-refractivity contribution < 1.29 is 8.85 Å². The smallest absolute Gasteiger partial charge is 0.192 e. The van der Waals surface area contributed by atoms with Crippen LogP contribution in [0.1, 0.15) is 67.2 Å². The molecule has 0 aromatic heterocycles. The van der Waals surface area contributed by atoms with Gasteiger partial charge < -0.3 is 8.85 Å². The van der Waals surface area contributed by atoms with Crippen LogP contribution < -0.4 is 0 Å². The first-order valence-corrected chi connectivity index (χ1v) is 20.5. The molecule has 0 aliphatic heterocycles. The molecule has 0 aromatic rings. The van der Waals surface area contributed by atoms with Crippen molar-refractivity contribution in [2.45, 2.75) is 116 Å². The number of hydrogen-bond acceptors (Lipinski definition) is 2. The molecule has 4 rings (SSSR count). The van der Waals surface area contributed by atoms with E-state index in [0.29, 0.717) is 47.7 Å². The van der Waals surface area contributed by atoms with E-state index in [2.05, 4.69) is 116 Å². The first-order chi connectivity index (χ1) is 16.6. The predicted molar refractivity (Wildman–Crippen MR) is 160 cm³/mol. The average molecular weight is 527 g/mol. The van der Waals surface area contributed by atoms with Crippen LogP contribution in [0.25, 0.3) is 0 Å². The monoisotopic (exact) mass is 526 g/mol. The lowest BCUT2D eigenvalue weighted by molar-refractivity contribution is 0.0969. The maximum atomic E-state index is 7.16. The Balaban J connectivity index is 1.54. The third-order valence-corrected chi connectivity index (χ3v) is 19.9. The molecule has 0 bridgehead atoms. The summed E-state index contributed by atoms with van der Waals surface area (Å²) >= 11 is 0. The maximum absolute atomic E-state index is 7.16. The van der Waals surface area contributed by atoms with E-state index >= 15 is 0 Å². The zero-order valence-corrected chi connectivity index (χ0v) is 26.9. The summed E-state index contributed by atoms with van der Waals surface area (Å²) in [4.78, 5) is 0. The fourth-order valence-corrected chi connectivity index (χ4v) is 9.40. The maximum Gasteiger partial charge on any atom is 0.192 e. The normalized spacial score (nSPS) is 36.4. The quantitative estimate of drug-likeness (QED) is 0.308. The van der Waals surface area contributed by atoms with Crippen LogP contribution in [0.3, 0.4) is 0 Å². The second-order valence-electron chi connectivity index (χ2n) is 15.2. The highest BCUT2D eigenvalue weighted by Crippen LogP contribution is 2.52. The molecule has 8 atom stereocenters. The highest BCUT2D eigenvalue weighted by molar-refractivity contribution is 6.74. The van der Waals surface area contributed by atoms with Gasteiger partial charge in [0.25, 0.3) is 0 Å². The Labute approximate surface area is 225 Å². The SMILES string of the molecule is CC(C)(C)[Si](C)(C)OC1CC2C=CC=CC2C1CCC1C(O[Si](C)(C)C(C)(C)C)CC2C=CC=CC21. The molecule has 2 fully saturated rings. The molecule has 4 aliphatic carbocycles. The van der Waals surface area contributed by atoms with Crippen LogP contribution in [-0.4, -0.2) is 28.8 Å².